The maximum absolute atomic E-state index is 11.4. The molecular formula is C30H60Cl2N2O9. The Hall–Kier alpha value is -1.47. The van der Waals surface area contributed by atoms with Crippen molar-refractivity contribution in [2.75, 3.05) is 81.9 Å². The van der Waals surface area contributed by atoms with Crippen molar-refractivity contribution in [1.82, 2.24) is 4.90 Å². The van der Waals surface area contributed by atoms with Crippen molar-refractivity contribution in [1.29, 1.82) is 0 Å². The number of halogens is 2. The van der Waals surface area contributed by atoms with Crippen LogP contribution in [-0.2, 0) is 38.1 Å². The second kappa shape index (κ2) is 23.0. The van der Waals surface area contributed by atoms with E-state index in [4.69, 9.17) is 23.7 Å². The van der Waals surface area contributed by atoms with Crippen molar-refractivity contribution in [3.63, 3.8) is 0 Å². The normalized spacial score (nSPS) is 17.3. The van der Waals surface area contributed by atoms with Gasteiger partial charge in [0.1, 0.15) is 44.7 Å². The fraction of sp³-hybridized carbons (Fsp3) is 0.833. The van der Waals surface area contributed by atoms with Crippen molar-refractivity contribution in [3.05, 3.63) is 12.2 Å². The third kappa shape index (κ3) is 31.8. The highest BCUT2D eigenvalue weighted by molar-refractivity contribution is 5.86. The van der Waals surface area contributed by atoms with E-state index >= 15 is 0 Å². The Labute approximate surface area is 273 Å². The number of hydrogen-bond donors (Lipinski definition) is 1. The molecular weight excluding hydrogens is 603 g/mol. The minimum Gasteiger partial charge on any atom is -1.00 e. The number of aliphatic hydroxyl groups is 1. The molecule has 0 aliphatic carbocycles. The summed E-state index contributed by atoms with van der Waals surface area (Å²) in [7, 11) is 11.9. The first-order valence-corrected chi connectivity index (χ1v) is 14.0. The Morgan fingerprint density at radius 2 is 1.33 bits per heavy atom. The average molecular weight is 664 g/mol. The molecule has 11 nitrogen and oxygen atoms in total. The van der Waals surface area contributed by atoms with E-state index in [0.29, 0.717) is 36.4 Å². The van der Waals surface area contributed by atoms with Crippen molar-refractivity contribution in [2.24, 2.45) is 10.8 Å². The van der Waals surface area contributed by atoms with Gasteiger partial charge in [-0.1, -0.05) is 13.5 Å². The molecule has 2 fully saturated rings. The number of rotatable bonds is 11. The summed E-state index contributed by atoms with van der Waals surface area (Å²) < 4.78 is 25.2. The van der Waals surface area contributed by atoms with Crippen LogP contribution in [0.4, 0.5) is 0 Å². The lowest BCUT2D eigenvalue weighted by molar-refractivity contribution is -0.873. The van der Waals surface area contributed by atoms with Gasteiger partial charge in [0.2, 0.25) is 0 Å². The number of likely N-dealkylation sites (N-methyl/N-ethyl adjacent to an activating group) is 1. The molecule has 3 atom stereocenters. The maximum Gasteiger partial charge on any atom is 0.333 e. The predicted molar refractivity (Wildman–Crippen MR) is 166 cm³/mol. The zero-order chi connectivity index (χ0) is 32.6. The van der Waals surface area contributed by atoms with Crippen molar-refractivity contribution >= 4 is 30.3 Å². The third-order valence-corrected chi connectivity index (χ3v) is 5.17. The Kier molecular flexibility index (Phi) is 25.9. The molecule has 2 heterocycles. The van der Waals surface area contributed by atoms with Gasteiger partial charge in [0.05, 0.1) is 45.2 Å². The first-order chi connectivity index (χ1) is 18.5. The van der Waals surface area contributed by atoms with Crippen LogP contribution in [0.1, 0.15) is 54.9 Å². The molecule has 2 rings (SSSR count). The van der Waals surface area contributed by atoms with Gasteiger partial charge in [0.25, 0.3) is 0 Å². The molecule has 43 heavy (non-hydrogen) atoms. The lowest BCUT2D eigenvalue weighted by Gasteiger charge is -2.27. The van der Waals surface area contributed by atoms with E-state index in [0.717, 1.165) is 13.0 Å². The average Bonchev–Trinajstić information content (AvgIpc) is 3.73. The summed E-state index contributed by atoms with van der Waals surface area (Å²) >= 11 is 0. The lowest BCUT2D eigenvalue weighted by Crippen LogP contribution is -3.00. The van der Waals surface area contributed by atoms with Gasteiger partial charge >= 0.3 is 17.9 Å². The molecule has 0 aromatic heterocycles. The summed E-state index contributed by atoms with van der Waals surface area (Å²) in [5, 5.41) is 9.61. The molecule has 2 aliphatic rings. The van der Waals surface area contributed by atoms with E-state index in [1.807, 2.05) is 68.0 Å². The molecule has 0 aromatic rings. The van der Waals surface area contributed by atoms with Crippen molar-refractivity contribution in [3.8, 4) is 0 Å². The van der Waals surface area contributed by atoms with Crippen LogP contribution < -0.4 is 12.4 Å². The molecule has 2 saturated heterocycles. The molecule has 0 saturated carbocycles. The smallest absolute Gasteiger partial charge is 0.333 e. The first-order valence-electron chi connectivity index (χ1n) is 14.0. The second-order valence-corrected chi connectivity index (χ2v) is 13.4. The van der Waals surface area contributed by atoms with Crippen molar-refractivity contribution < 1.29 is 60.1 Å². The van der Waals surface area contributed by atoms with E-state index in [1.165, 1.54) is 0 Å². The van der Waals surface area contributed by atoms with Crippen LogP contribution in [0.25, 0.3) is 0 Å². The van der Waals surface area contributed by atoms with Crippen LogP contribution in [0.3, 0.4) is 0 Å². The molecule has 0 bridgehead atoms. The van der Waals surface area contributed by atoms with Gasteiger partial charge in [-0.05, 0) is 69.1 Å². The Morgan fingerprint density at radius 1 is 0.930 bits per heavy atom. The largest absolute Gasteiger partial charge is 1.00 e. The van der Waals surface area contributed by atoms with Gasteiger partial charge in [-0.15, -0.1) is 12.4 Å². The highest BCUT2D eigenvalue weighted by Crippen LogP contribution is 2.22. The number of carbonyl (C=O) groups excluding carboxylic acids is 3. The van der Waals surface area contributed by atoms with E-state index in [2.05, 4.69) is 6.58 Å². The summed E-state index contributed by atoms with van der Waals surface area (Å²) in [6, 6.07) is 0. The molecule has 1 N–H and O–H groups in total. The van der Waals surface area contributed by atoms with Crippen LogP contribution in [0.5, 0.6) is 0 Å². The summed E-state index contributed by atoms with van der Waals surface area (Å²) in [6.45, 7) is 19.1. The number of aliphatic hydroxyl groups excluding tert-OH is 1. The first kappa shape index (κ1) is 48.4. The summed E-state index contributed by atoms with van der Waals surface area (Å²) in [5.74, 6) is -0.737. The van der Waals surface area contributed by atoms with Crippen LogP contribution >= 0.6 is 12.4 Å². The van der Waals surface area contributed by atoms with E-state index in [-0.39, 0.29) is 67.0 Å². The Morgan fingerprint density at radius 3 is 1.63 bits per heavy atom. The number of epoxide rings is 2. The minimum absolute atomic E-state index is 0. The molecule has 0 amide bonds. The monoisotopic (exact) mass is 662 g/mol. The quantitative estimate of drug-likeness (QED) is 0.107. The topological polar surface area (TPSA) is 127 Å². The molecule has 2 aliphatic heterocycles. The van der Waals surface area contributed by atoms with Crippen LogP contribution in [0.15, 0.2) is 12.2 Å². The highest BCUT2D eigenvalue weighted by atomic mass is 35.5. The third-order valence-electron chi connectivity index (χ3n) is 5.17. The van der Waals surface area contributed by atoms with Crippen LogP contribution in [0, 0.1) is 10.8 Å². The zero-order valence-electron chi connectivity index (χ0n) is 28.8. The standard InChI is InChI=1S/C11H24NO3.C9H16O3.C7H10O3.C3H9N.2ClH/c1-11(2,3)10(14)15-8-9(13)7-12(4,5)6;1-4-9(2,3)8(10)12-6-7-5-11-7;1-5(2)7(8)10-4-6-3-9-6;1-4(2)3;;/h9,13H,7-8H2,1-6H3;7H,4-6H2,1-3H3;6H,1,3-4H2,2H3;1-3H3;2*1H/q+1;;;;;/p-1. The molecule has 0 radical (unpaired) electrons. The maximum atomic E-state index is 11.4. The lowest BCUT2D eigenvalue weighted by atomic mass is 9.91. The molecule has 13 heteroatoms. The zero-order valence-corrected chi connectivity index (χ0v) is 30.4. The van der Waals surface area contributed by atoms with Gasteiger partial charge in [-0.25, -0.2) is 4.79 Å². The van der Waals surface area contributed by atoms with Gasteiger partial charge in [-0.2, -0.15) is 0 Å². The second-order valence-electron chi connectivity index (χ2n) is 13.4. The molecule has 258 valence electrons. The number of quaternary nitrogens is 1. The van der Waals surface area contributed by atoms with Gasteiger partial charge in [-0.3, -0.25) is 9.59 Å². The Balaban J connectivity index is -0.000000247. The van der Waals surface area contributed by atoms with E-state index < -0.39 is 11.5 Å². The fourth-order valence-electron chi connectivity index (χ4n) is 2.20. The molecule has 0 aromatic carbocycles. The number of carbonyl (C=O) groups is 3. The minimum atomic E-state index is -0.601. The van der Waals surface area contributed by atoms with E-state index in [1.54, 1.807) is 27.7 Å². The van der Waals surface area contributed by atoms with Crippen LogP contribution in [-0.4, -0.2) is 133 Å². The summed E-state index contributed by atoms with van der Waals surface area (Å²) in [4.78, 5) is 35.4. The van der Waals surface area contributed by atoms with Gasteiger partial charge in [0.15, 0.2) is 0 Å². The Bertz CT molecular complexity index is 800. The highest BCUT2D eigenvalue weighted by Gasteiger charge is 2.30. The van der Waals surface area contributed by atoms with Crippen molar-refractivity contribution in [2.45, 2.75) is 73.2 Å². The number of hydrogen-bond acceptors (Lipinski definition) is 10. The predicted octanol–water partition coefficient (Wildman–Crippen LogP) is 0.116. The fourth-order valence-corrected chi connectivity index (χ4v) is 2.20. The summed E-state index contributed by atoms with van der Waals surface area (Å²) in [6.07, 6.45) is 0.512. The summed E-state index contributed by atoms with van der Waals surface area (Å²) in [5.41, 5.74) is -0.425. The molecule has 3 unspecified atom stereocenters. The number of nitrogens with zero attached hydrogens (tertiary/aromatic N) is 2. The SMILES string of the molecule is C=C(C)C(=O)OCC1CO1.CC(C)(C)C(=O)OCC(O)C[N+](C)(C)C.CCC(C)(C)C(=O)OCC1CO1.CN(C)C.Cl.[Cl-]. The molecule has 0 spiro atoms. The number of ether oxygens (including phenoxy) is 5. The van der Waals surface area contributed by atoms with Gasteiger partial charge < -0.3 is 50.6 Å². The number of esters is 3. The van der Waals surface area contributed by atoms with E-state index in [9.17, 15) is 19.5 Å². The van der Waals surface area contributed by atoms with Gasteiger partial charge in [0, 0.05) is 5.57 Å². The van der Waals surface area contributed by atoms with Crippen LogP contribution in [0.2, 0.25) is 0 Å².